The van der Waals surface area contributed by atoms with Crippen molar-refractivity contribution >= 4 is 5.97 Å². The molecule has 0 aromatic heterocycles. The van der Waals surface area contributed by atoms with E-state index in [0.717, 1.165) is 43.7 Å². The van der Waals surface area contributed by atoms with Crippen LogP contribution in [0.2, 0.25) is 0 Å². The molecule has 1 atom stereocenters. The summed E-state index contributed by atoms with van der Waals surface area (Å²) in [5.41, 5.74) is 1.06. The van der Waals surface area contributed by atoms with Crippen molar-refractivity contribution in [2.75, 3.05) is 26.8 Å². The summed E-state index contributed by atoms with van der Waals surface area (Å²) in [4.78, 5) is 13.7. The van der Waals surface area contributed by atoms with Crippen molar-refractivity contribution in [2.24, 2.45) is 5.92 Å². The third-order valence-corrected chi connectivity index (χ3v) is 4.79. The van der Waals surface area contributed by atoms with E-state index >= 15 is 0 Å². The van der Waals surface area contributed by atoms with Crippen LogP contribution in [0.5, 0.6) is 0 Å². The lowest BCUT2D eigenvalue weighted by Gasteiger charge is -2.31. The molecule has 130 valence electrons. The summed E-state index contributed by atoms with van der Waals surface area (Å²) in [6.07, 6.45) is 1.96. The van der Waals surface area contributed by atoms with E-state index < -0.39 is 17.4 Å². The van der Waals surface area contributed by atoms with Crippen molar-refractivity contribution in [1.29, 1.82) is 5.26 Å². The molecule has 1 fully saturated rings. The van der Waals surface area contributed by atoms with Gasteiger partial charge >= 0.3 is 5.97 Å². The number of hydrogen-bond acceptors (Lipinski definition) is 4. The molecule has 5 nitrogen and oxygen atoms in total. The number of aliphatic carboxylic acids is 1. The second-order valence-corrected chi connectivity index (χ2v) is 7.09. The van der Waals surface area contributed by atoms with Crippen molar-refractivity contribution in [2.45, 2.75) is 38.1 Å². The minimum Gasteiger partial charge on any atom is -0.480 e. The molecule has 1 aromatic carbocycles. The van der Waals surface area contributed by atoms with Gasteiger partial charge in [-0.1, -0.05) is 24.3 Å². The van der Waals surface area contributed by atoms with Gasteiger partial charge in [0.2, 0.25) is 0 Å². The Labute approximate surface area is 143 Å². The average Bonchev–Trinajstić information content (AvgIpc) is 2.56. The van der Waals surface area contributed by atoms with Crippen molar-refractivity contribution in [3.05, 3.63) is 35.4 Å². The maximum absolute atomic E-state index is 11.8. The third kappa shape index (κ3) is 4.34. The van der Waals surface area contributed by atoms with E-state index in [-0.39, 0.29) is 0 Å². The molecular formula is C19H26N2O3. The number of hydrogen-bond donors (Lipinski definition) is 1. The highest BCUT2D eigenvalue weighted by atomic mass is 16.5. The Balaban J connectivity index is 2.15. The van der Waals surface area contributed by atoms with Gasteiger partial charge in [0.15, 0.2) is 0 Å². The van der Waals surface area contributed by atoms with Crippen molar-refractivity contribution in [1.82, 2.24) is 4.90 Å². The van der Waals surface area contributed by atoms with Crippen LogP contribution in [-0.2, 0) is 14.9 Å². The van der Waals surface area contributed by atoms with Gasteiger partial charge in [0.05, 0.1) is 11.5 Å². The molecule has 2 rings (SSSR count). The Bertz CT molecular complexity index is 598. The Morgan fingerprint density at radius 1 is 1.38 bits per heavy atom. The fraction of sp³-hybridized carbons (Fsp3) is 0.579. The largest absolute Gasteiger partial charge is 0.480 e. The molecule has 0 bridgehead atoms. The van der Waals surface area contributed by atoms with Crippen LogP contribution in [0.1, 0.15) is 43.9 Å². The van der Waals surface area contributed by atoms with Gasteiger partial charge < -0.3 is 9.84 Å². The molecule has 5 heteroatoms. The van der Waals surface area contributed by atoms with Gasteiger partial charge in [0, 0.05) is 19.8 Å². The van der Waals surface area contributed by atoms with Crippen molar-refractivity contribution < 1.29 is 14.6 Å². The minimum absolute atomic E-state index is 0.474. The lowest BCUT2D eigenvalue weighted by Crippen LogP contribution is -2.36. The number of carbonyl (C=O) groups is 1. The van der Waals surface area contributed by atoms with E-state index in [9.17, 15) is 15.2 Å². The highest BCUT2D eigenvalue weighted by molar-refractivity contribution is 5.75. The molecule has 1 heterocycles. The van der Waals surface area contributed by atoms with E-state index in [0.29, 0.717) is 5.92 Å². The normalized spacial score (nSPS) is 17.5. The number of carboxylic acids is 1. The molecule has 0 aliphatic carbocycles. The molecule has 1 unspecified atom stereocenters. The number of carboxylic acid groups (broad SMARTS) is 1. The predicted molar refractivity (Wildman–Crippen MR) is 91.6 cm³/mol. The highest BCUT2D eigenvalue weighted by Crippen LogP contribution is 2.27. The van der Waals surface area contributed by atoms with E-state index in [1.165, 1.54) is 0 Å². The van der Waals surface area contributed by atoms with Crippen LogP contribution in [0.3, 0.4) is 0 Å². The number of ether oxygens (including phenoxy) is 1. The summed E-state index contributed by atoms with van der Waals surface area (Å²) in [6.45, 7) is 5.97. The van der Waals surface area contributed by atoms with Gasteiger partial charge in [-0.2, -0.15) is 5.26 Å². The smallest absolute Gasteiger partial charge is 0.325 e. The quantitative estimate of drug-likeness (QED) is 0.868. The summed E-state index contributed by atoms with van der Waals surface area (Å²) in [5.74, 6) is -0.376. The number of nitrogens with zero attached hydrogens (tertiary/aromatic N) is 2. The van der Waals surface area contributed by atoms with Crippen LogP contribution >= 0.6 is 0 Å². The number of likely N-dealkylation sites (N-methyl/N-ethyl adjacent to an activating group) is 1. The second-order valence-electron chi connectivity index (χ2n) is 7.09. The SMILES string of the molecule is CN(CC1CCOCC1)C(C(=O)O)c1ccc(C(C)(C)C#N)cc1. The molecule has 1 aliphatic heterocycles. The predicted octanol–water partition coefficient (Wildman–Crippen LogP) is 2.97. The molecule has 0 saturated carbocycles. The Kier molecular flexibility index (Phi) is 5.98. The summed E-state index contributed by atoms with van der Waals surface area (Å²) in [6, 6.07) is 8.96. The maximum Gasteiger partial charge on any atom is 0.325 e. The van der Waals surface area contributed by atoms with Gasteiger partial charge in [-0.05, 0) is 50.8 Å². The first-order chi connectivity index (χ1) is 11.3. The Morgan fingerprint density at radius 3 is 2.46 bits per heavy atom. The van der Waals surface area contributed by atoms with Crippen LogP contribution < -0.4 is 0 Å². The molecule has 0 amide bonds. The molecule has 0 spiro atoms. The minimum atomic E-state index is -0.850. The summed E-state index contributed by atoms with van der Waals surface area (Å²) >= 11 is 0. The standard InChI is InChI=1S/C19H26N2O3/c1-19(2,13-20)16-6-4-15(5-7-16)17(18(22)23)21(3)12-14-8-10-24-11-9-14/h4-7,14,17H,8-12H2,1-3H3,(H,22,23). The fourth-order valence-corrected chi connectivity index (χ4v) is 3.17. The Hall–Kier alpha value is -1.90. The van der Waals surface area contributed by atoms with Crippen LogP contribution in [0.15, 0.2) is 24.3 Å². The first-order valence-electron chi connectivity index (χ1n) is 8.37. The van der Waals surface area contributed by atoms with E-state index in [2.05, 4.69) is 6.07 Å². The van der Waals surface area contributed by atoms with E-state index in [1.54, 1.807) is 0 Å². The van der Waals surface area contributed by atoms with E-state index in [1.807, 2.05) is 50.1 Å². The summed E-state index contributed by atoms with van der Waals surface area (Å²) < 4.78 is 5.37. The monoisotopic (exact) mass is 330 g/mol. The van der Waals surface area contributed by atoms with Gasteiger partial charge in [0.25, 0.3) is 0 Å². The summed E-state index contributed by atoms with van der Waals surface area (Å²) in [5, 5.41) is 18.9. The topological polar surface area (TPSA) is 73.6 Å². The van der Waals surface area contributed by atoms with Gasteiger partial charge in [-0.25, -0.2) is 0 Å². The first kappa shape index (κ1) is 18.4. The zero-order valence-electron chi connectivity index (χ0n) is 14.7. The second kappa shape index (κ2) is 7.78. The highest BCUT2D eigenvalue weighted by Gasteiger charge is 2.28. The van der Waals surface area contributed by atoms with Crippen molar-refractivity contribution in [3.63, 3.8) is 0 Å². The molecule has 24 heavy (non-hydrogen) atoms. The molecular weight excluding hydrogens is 304 g/mol. The van der Waals surface area contributed by atoms with Crippen LogP contribution in [0.4, 0.5) is 0 Å². The number of benzene rings is 1. The van der Waals surface area contributed by atoms with Crippen molar-refractivity contribution in [3.8, 4) is 6.07 Å². The lowest BCUT2D eigenvalue weighted by molar-refractivity contribution is -0.143. The van der Waals surface area contributed by atoms with Crippen LogP contribution in [0.25, 0.3) is 0 Å². The lowest BCUT2D eigenvalue weighted by atomic mass is 9.85. The van der Waals surface area contributed by atoms with Gasteiger partial charge in [0.1, 0.15) is 6.04 Å². The van der Waals surface area contributed by atoms with Gasteiger partial charge in [-0.15, -0.1) is 0 Å². The number of rotatable bonds is 6. The molecule has 1 aliphatic rings. The Morgan fingerprint density at radius 2 is 1.96 bits per heavy atom. The molecule has 1 aromatic rings. The molecule has 1 N–H and O–H groups in total. The first-order valence-corrected chi connectivity index (χ1v) is 8.37. The van der Waals surface area contributed by atoms with Crippen LogP contribution in [0, 0.1) is 17.2 Å². The van der Waals surface area contributed by atoms with Crippen LogP contribution in [-0.4, -0.2) is 42.8 Å². The van der Waals surface area contributed by atoms with E-state index in [4.69, 9.17) is 4.74 Å². The molecule has 1 saturated heterocycles. The maximum atomic E-state index is 11.8. The average molecular weight is 330 g/mol. The molecule has 0 radical (unpaired) electrons. The summed E-state index contributed by atoms with van der Waals surface area (Å²) in [7, 11) is 1.86. The van der Waals surface area contributed by atoms with Gasteiger partial charge in [-0.3, -0.25) is 9.69 Å². The fourth-order valence-electron chi connectivity index (χ4n) is 3.17. The zero-order valence-corrected chi connectivity index (χ0v) is 14.7. The zero-order chi connectivity index (χ0) is 17.7. The number of nitriles is 1. The third-order valence-electron chi connectivity index (χ3n) is 4.79.